The molecule has 0 saturated carbocycles. The van der Waals surface area contributed by atoms with Crippen molar-refractivity contribution in [3.63, 3.8) is 0 Å². The number of hydrogen-bond donors (Lipinski definition) is 1. The van der Waals surface area contributed by atoms with Gasteiger partial charge in [0.25, 0.3) is 5.91 Å². The van der Waals surface area contributed by atoms with Crippen molar-refractivity contribution in [2.45, 2.75) is 31.2 Å². The van der Waals surface area contributed by atoms with Crippen LogP contribution in [0.4, 0.5) is 0 Å². The molecular weight excluding hydrogens is 450 g/mol. The third kappa shape index (κ3) is 4.64. The van der Waals surface area contributed by atoms with Crippen LogP contribution in [0.5, 0.6) is 0 Å². The summed E-state index contributed by atoms with van der Waals surface area (Å²) in [6.45, 7) is 3.02. The Bertz CT molecular complexity index is 1300. The summed E-state index contributed by atoms with van der Waals surface area (Å²) < 4.78 is 1.65. The first-order chi connectivity index (χ1) is 17.6. The molecule has 36 heavy (non-hydrogen) atoms. The molecule has 1 saturated heterocycles. The van der Waals surface area contributed by atoms with E-state index in [2.05, 4.69) is 15.4 Å². The van der Waals surface area contributed by atoms with E-state index in [1.54, 1.807) is 11.0 Å². The average molecular weight is 480 g/mol. The van der Waals surface area contributed by atoms with Crippen molar-refractivity contribution >= 4 is 11.8 Å². The number of likely N-dealkylation sites (tertiary alicyclic amines) is 1. The van der Waals surface area contributed by atoms with E-state index in [0.29, 0.717) is 31.5 Å². The van der Waals surface area contributed by atoms with Gasteiger partial charge < -0.3 is 10.2 Å². The predicted molar refractivity (Wildman–Crippen MR) is 138 cm³/mol. The highest BCUT2D eigenvalue weighted by Gasteiger charge is 2.44. The van der Waals surface area contributed by atoms with Gasteiger partial charge in [0.2, 0.25) is 5.91 Å². The van der Waals surface area contributed by atoms with Crippen molar-refractivity contribution in [2.24, 2.45) is 0 Å². The minimum atomic E-state index is -0.683. The first-order valence-corrected chi connectivity index (χ1v) is 12.2. The van der Waals surface area contributed by atoms with Crippen LogP contribution in [0.3, 0.4) is 0 Å². The SMILES string of the molecule is C[C@H](NC(=O)C1(c2ccccc2)CCN(C(=O)c2ccc(-n3cncn3)cc2)CC1)c1ccccc1. The van der Waals surface area contributed by atoms with Gasteiger partial charge in [-0.25, -0.2) is 9.67 Å². The van der Waals surface area contributed by atoms with Gasteiger partial charge in [0, 0.05) is 18.7 Å². The van der Waals surface area contributed by atoms with Crippen LogP contribution < -0.4 is 5.32 Å². The van der Waals surface area contributed by atoms with Crippen LogP contribution in [-0.4, -0.2) is 44.6 Å². The first kappa shape index (κ1) is 23.5. The molecule has 1 aliphatic rings. The van der Waals surface area contributed by atoms with Gasteiger partial charge in [0.05, 0.1) is 17.1 Å². The van der Waals surface area contributed by atoms with E-state index in [4.69, 9.17) is 0 Å². The fraction of sp³-hybridized carbons (Fsp3) is 0.241. The highest BCUT2D eigenvalue weighted by atomic mass is 16.2. The van der Waals surface area contributed by atoms with Crippen LogP contribution in [0.2, 0.25) is 0 Å². The number of hydrogen-bond acceptors (Lipinski definition) is 4. The summed E-state index contributed by atoms with van der Waals surface area (Å²) in [6.07, 6.45) is 4.22. The largest absolute Gasteiger partial charge is 0.349 e. The van der Waals surface area contributed by atoms with Crippen LogP contribution in [0, 0.1) is 0 Å². The number of nitrogens with zero attached hydrogens (tertiary/aromatic N) is 4. The first-order valence-electron chi connectivity index (χ1n) is 12.2. The van der Waals surface area contributed by atoms with Crippen LogP contribution in [0.15, 0.2) is 97.6 Å². The molecule has 5 rings (SSSR count). The van der Waals surface area contributed by atoms with Gasteiger partial charge in [-0.1, -0.05) is 60.7 Å². The molecule has 2 amide bonds. The van der Waals surface area contributed by atoms with E-state index in [9.17, 15) is 9.59 Å². The predicted octanol–water partition coefficient (Wildman–Crippen LogP) is 4.32. The molecule has 0 aliphatic carbocycles. The molecular formula is C29H29N5O2. The van der Waals surface area contributed by atoms with Gasteiger partial charge in [-0.15, -0.1) is 0 Å². The van der Waals surface area contributed by atoms with Crippen molar-refractivity contribution in [2.75, 3.05) is 13.1 Å². The Morgan fingerprint density at radius 3 is 2.14 bits per heavy atom. The van der Waals surface area contributed by atoms with Crippen LogP contribution in [0.25, 0.3) is 5.69 Å². The number of carbonyl (C=O) groups is 2. The zero-order chi connectivity index (χ0) is 25.0. The van der Waals surface area contributed by atoms with Gasteiger partial charge in [-0.2, -0.15) is 5.10 Å². The monoisotopic (exact) mass is 479 g/mol. The van der Waals surface area contributed by atoms with Crippen molar-refractivity contribution < 1.29 is 9.59 Å². The second-order valence-corrected chi connectivity index (χ2v) is 9.23. The molecule has 0 bridgehead atoms. The molecule has 7 nitrogen and oxygen atoms in total. The molecule has 182 valence electrons. The molecule has 1 atom stereocenters. The maximum atomic E-state index is 13.8. The molecule has 1 N–H and O–H groups in total. The second-order valence-electron chi connectivity index (χ2n) is 9.23. The fourth-order valence-electron chi connectivity index (χ4n) is 4.94. The average Bonchev–Trinajstić information content (AvgIpc) is 3.49. The Labute approximate surface area is 210 Å². The molecule has 1 aromatic heterocycles. The third-order valence-corrected chi connectivity index (χ3v) is 7.11. The standard InChI is InChI=1S/C29H29N5O2/c1-22(23-8-4-2-5-9-23)32-28(36)29(25-10-6-3-7-11-25)16-18-33(19-17-29)27(35)24-12-14-26(15-13-24)34-21-30-20-31-34/h2-15,20-22H,16-19H2,1H3,(H,32,36)/t22-/m0/s1. The third-order valence-electron chi connectivity index (χ3n) is 7.11. The van der Waals surface area contributed by atoms with Gasteiger partial charge in [-0.05, 0) is 55.2 Å². The van der Waals surface area contributed by atoms with Crippen molar-refractivity contribution in [1.82, 2.24) is 25.0 Å². The molecule has 1 aliphatic heterocycles. The lowest BCUT2D eigenvalue weighted by Gasteiger charge is -2.41. The van der Waals surface area contributed by atoms with E-state index in [-0.39, 0.29) is 17.9 Å². The van der Waals surface area contributed by atoms with Gasteiger partial charge in [0.15, 0.2) is 0 Å². The van der Waals surface area contributed by atoms with Gasteiger partial charge in [-0.3, -0.25) is 9.59 Å². The van der Waals surface area contributed by atoms with E-state index < -0.39 is 5.41 Å². The topological polar surface area (TPSA) is 80.1 Å². The lowest BCUT2D eigenvalue weighted by molar-refractivity contribution is -0.129. The highest BCUT2D eigenvalue weighted by molar-refractivity contribution is 5.95. The Morgan fingerprint density at radius 1 is 0.889 bits per heavy atom. The number of carbonyl (C=O) groups excluding carboxylic acids is 2. The quantitative estimate of drug-likeness (QED) is 0.447. The lowest BCUT2D eigenvalue weighted by Crippen LogP contribution is -2.53. The minimum Gasteiger partial charge on any atom is -0.349 e. The minimum absolute atomic E-state index is 0.00865. The molecule has 0 radical (unpaired) electrons. The Balaban J connectivity index is 1.32. The molecule has 2 heterocycles. The normalized spacial score (nSPS) is 15.8. The van der Waals surface area contributed by atoms with E-state index in [0.717, 1.165) is 16.8 Å². The molecule has 0 spiro atoms. The number of amides is 2. The maximum Gasteiger partial charge on any atom is 0.253 e. The van der Waals surface area contributed by atoms with E-state index in [1.165, 1.54) is 6.33 Å². The van der Waals surface area contributed by atoms with Crippen molar-refractivity contribution in [3.05, 3.63) is 114 Å². The summed E-state index contributed by atoms with van der Waals surface area (Å²) in [4.78, 5) is 32.8. The van der Waals surface area contributed by atoms with E-state index >= 15 is 0 Å². The summed E-state index contributed by atoms with van der Waals surface area (Å²) in [5.74, 6) is -0.0193. The maximum absolute atomic E-state index is 13.8. The number of benzene rings is 3. The molecule has 4 aromatic rings. The molecule has 1 fully saturated rings. The number of nitrogens with one attached hydrogen (secondary N) is 1. The summed E-state index contributed by atoms with van der Waals surface area (Å²) in [7, 11) is 0. The number of piperidine rings is 1. The molecule has 7 heteroatoms. The second kappa shape index (κ2) is 10.2. The zero-order valence-electron chi connectivity index (χ0n) is 20.2. The molecule has 3 aromatic carbocycles. The zero-order valence-corrected chi connectivity index (χ0v) is 20.2. The van der Waals surface area contributed by atoms with Crippen molar-refractivity contribution in [3.8, 4) is 5.69 Å². The summed E-state index contributed by atoms with van der Waals surface area (Å²) in [5, 5.41) is 7.37. The highest BCUT2D eigenvalue weighted by Crippen LogP contribution is 2.37. The smallest absolute Gasteiger partial charge is 0.253 e. The summed E-state index contributed by atoms with van der Waals surface area (Å²) >= 11 is 0. The summed E-state index contributed by atoms with van der Waals surface area (Å²) in [6, 6.07) is 27.2. The Kier molecular flexibility index (Phi) is 6.62. The Hall–Kier alpha value is -4.26. The van der Waals surface area contributed by atoms with Gasteiger partial charge in [0.1, 0.15) is 12.7 Å². The number of rotatable bonds is 6. The van der Waals surface area contributed by atoms with Crippen LogP contribution >= 0.6 is 0 Å². The summed E-state index contributed by atoms with van der Waals surface area (Å²) in [5.41, 5.74) is 2.84. The Morgan fingerprint density at radius 2 is 1.53 bits per heavy atom. The van der Waals surface area contributed by atoms with E-state index in [1.807, 2.05) is 96.8 Å². The molecule has 0 unspecified atom stereocenters. The van der Waals surface area contributed by atoms with Crippen LogP contribution in [0.1, 0.15) is 47.3 Å². The fourth-order valence-corrected chi connectivity index (χ4v) is 4.94. The lowest BCUT2D eigenvalue weighted by atomic mass is 9.71. The number of aromatic nitrogens is 3. The van der Waals surface area contributed by atoms with Crippen molar-refractivity contribution in [1.29, 1.82) is 0 Å². The van der Waals surface area contributed by atoms with Crippen LogP contribution in [-0.2, 0) is 10.2 Å². The van der Waals surface area contributed by atoms with Gasteiger partial charge >= 0.3 is 0 Å².